The third-order valence-corrected chi connectivity index (χ3v) is 3.94. The lowest BCUT2D eigenvalue weighted by atomic mass is 9.93. The van der Waals surface area contributed by atoms with Gasteiger partial charge in [-0.1, -0.05) is 60.7 Å². The van der Waals surface area contributed by atoms with Crippen LogP contribution >= 0.6 is 7.82 Å². The summed E-state index contributed by atoms with van der Waals surface area (Å²) in [5.74, 6) is -0.719. The van der Waals surface area contributed by atoms with Crippen molar-refractivity contribution in [2.45, 2.75) is 20.1 Å². The van der Waals surface area contributed by atoms with Crippen LogP contribution in [-0.2, 0) is 18.6 Å². The molecular weight excluding hydrogens is 343 g/mol. The van der Waals surface area contributed by atoms with Gasteiger partial charge in [-0.25, -0.2) is 13.9 Å². The fraction of sp³-hybridized carbons (Fsp3) is 0.167. The smallest absolute Gasteiger partial charge is 0.432 e. The Kier molecular flexibility index (Phi) is 6.28. The summed E-state index contributed by atoms with van der Waals surface area (Å²) in [6.07, 6.45) is -1.38. The Hall–Kier alpha value is -2.24. The average Bonchev–Trinajstić information content (AvgIpc) is 2.55. The Bertz CT molecular complexity index is 753. The summed E-state index contributed by atoms with van der Waals surface area (Å²) in [7, 11) is -4.74. The number of carbonyl (C=O) groups is 1. The molecule has 2 N–H and O–H groups in total. The second-order valence-electron chi connectivity index (χ2n) is 5.30. The van der Waals surface area contributed by atoms with E-state index in [4.69, 9.17) is 14.5 Å². The maximum absolute atomic E-state index is 12.4. The van der Waals surface area contributed by atoms with E-state index in [1.54, 1.807) is 6.92 Å². The highest BCUT2D eigenvalue weighted by Crippen LogP contribution is 2.38. The van der Waals surface area contributed by atoms with Gasteiger partial charge in [-0.05, 0) is 30.5 Å². The van der Waals surface area contributed by atoms with E-state index in [1.807, 2.05) is 60.7 Å². The zero-order valence-electron chi connectivity index (χ0n) is 13.8. The van der Waals surface area contributed by atoms with Crippen molar-refractivity contribution < 1.29 is 28.4 Å². The molecule has 2 aromatic carbocycles. The zero-order valence-corrected chi connectivity index (χ0v) is 14.7. The Balaban J connectivity index is 2.38. The third-order valence-electron chi connectivity index (χ3n) is 3.36. The molecule has 0 bridgehead atoms. The van der Waals surface area contributed by atoms with E-state index in [-0.39, 0.29) is 0 Å². The molecule has 0 aliphatic carbocycles. The first-order chi connectivity index (χ1) is 11.8. The summed E-state index contributed by atoms with van der Waals surface area (Å²) in [4.78, 5) is 30.0. The molecule has 1 atom stereocenters. The first-order valence-electron chi connectivity index (χ1n) is 7.54. The first-order valence-corrected chi connectivity index (χ1v) is 9.07. The molecule has 0 fully saturated rings. The molecule has 6 nitrogen and oxygen atoms in total. The lowest BCUT2D eigenvalue weighted by Gasteiger charge is -2.17. The predicted octanol–water partition coefficient (Wildman–Crippen LogP) is 3.51. The van der Waals surface area contributed by atoms with Crippen LogP contribution in [0.15, 0.2) is 66.2 Å². The number of benzene rings is 2. The summed E-state index contributed by atoms with van der Waals surface area (Å²) >= 11 is 0. The van der Waals surface area contributed by atoms with Crippen LogP contribution in [0.4, 0.5) is 0 Å². The average molecular weight is 362 g/mol. The molecule has 0 aromatic heterocycles. The number of carbonyl (C=O) groups excluding carboxylic acids is 1. The maximum Gasteiger partial charge on any atom is 0.472 e. The fourth-order valence-electron chi connectivity index (χ4n) is 2.37. The van der Waals surface area contributed by atoms with E-state index in [0.717, 1.165) is 11.1 Å². The fourth-order valence-corrected chi connectivity index (χ4v) is 2.80. The van der Waals surface area contributed by atoms with E-state index in [9.17, 15) is 9.36 Å². The number of hydrogen-bond acceptors (Lipinski definition) is 4. The minimum absolute atomic E-state index is 0.304. The Morgan fingerprint density at radius 2 is 1.40 bits per heavy atom. The number of phosphoric ester groups is 1. The summed E-state index contributed by atoms with van der Waals surface area (Å²) in [6.45, 7) is 2.84. The molecule has 0 saturated heterocycles. The van der Waals surface area contributed by atoms with Gasteiger partial charge in [0.05, 0.1) is 0 Å². The van der Waals surface area contributed by atoms with Crippen LogP contribution < -0.4 is 0 Å². The molecule has 132 valence electrons. The number of ether oxygens (including phenoxy) is 1. The van der Waals surface area contributed by atoms with Crippen molar-refractivity contribution in [3.8, 4) is 0 Å². The van der Waals surface area contributed by atoms with Crippen LogP contribution in [0.3, 0.4) is 0 Å². The Labute approximate surface area is 146 Å². The highest BCUT2D eigenvalue weighted by atomic mass is 31.2. The van der Waals surface area contributed by atoms with Crippen molar-refractivity contribution in [2.75, 3.05) is 0 Å². The van der Waals surface area contributed by atoms with Crippen LogP contribution in [0, 0.1) is 0 Å². The second kappa shape index (κ2) is 8.23. The van der Waals surface area contributed by atoms with Gasteiger partial charge >= 0.3 is 13.8 Å². The molecule has 2 rings (SSSR count). The van der Waals surface area contributed by atoms with E-state index >= 15 is 0 Å². The van der Waals surface area contributed by atoms with Crippen LogP contribution in [0.5, 0.6) is 0 Å². The van der Waals surface area contributed by atoms with Gasteiger partial charge in [0.25, 0.3) is 0 Å². The first kappa shape index (κ1) is 19.1. The van der Waals surface area contributed by atoms with Crippen molar-refractivity contribution >= 4 is 19.4 Å². The van der Waals surface area contributed by atoms with Gasteiger partial charge < -0.3 is 14.5 Å². The van der Waals surface area contributed by atoms with Gasteiger partial charge in [0, 0.05) is 5.57 Å². The number of rotatable bonds is 6. The van der Waals surface area contributed by atoms with Crippen molar-refractivity contribution in [1.82, 2.24) is 0 Å². The van der Waals surface area contributed by atoms with Crippen molar-refractivity contribution in [1.29, 1.82) is 0 Å². The standard InChI is InChI=1S/C18H19O6P/c1-13(18(19)23-14(2)24-25(20,21)22)17(15-9-5-3-6-10-15)16-11-7-4-8-12-16/h3-12,14H,1-2H3,(H2,20,21,22). The Morgan fingerprint density at radius 3 is 1.80 bits per heavy atom. The van der Waals surface area contributed by atoms with Crippen LogP contribution in [0.25, 0.3) is 5.57 Å². The van der Waals surface area contributed by atoms with Gasteiger partial charge in [-0.15, -0.1) is 0 Å². The normalized spacial score (nSPS) is 12.3. The van der Waals surface area contributed by atoms with Gasteiger partial charge in [-0.3, -0.25) is 0 Å². The van der Waals surface area contributed by atoms with Gasteiger partial charge in [0.15, 0.2) is 0 Å². The lowest BCUT2D eigenvalue weighted by molar-refractivity contribution is -0.157. The van der Waals surface area contributed by atoms with Gasteiger partial charge in [0.1, 0.15) is 0 Å². The van der Waals surface area contributed by atoms with Crippen LogP contribution in [0.1, 0.15) is 25.0 Å². The topological polar surface area (TPSA) is 93.1 Å². The molecule has 0 heterocycles. The second-order valence-corrected chi connectivity index (χ2v) is 6.49. The van der Waals surface area contributed by atoms with Crippen LogP contribution in [-0.4, -0.2) is 22.0 Å². The molecule has 0 aliphatic rings. The Morgan fingerprint density at radius 1 is 0.960 bits per heavy atom. The number of phosphoric acid groups is 1. The van der Waals surface area contributed by atoms with Crippen molar-refractivity contribution in [2.24, 2.45) is 0 Å². The van der Waals surface area contributed by atoms with E-state index < -0.39 is 20.1 Å². The lowest BCUT2D eigenvalue weighted by Crippen LogP contribution is -2.18. The molecule has 0 amide bonds. The van der Waals surface area contributed by atoms with Crippen molar-refractivity contribution in [3.63, 3.8) is 0 Å². The number of esters is 1. The molecule has 0 spiro atoms. The van der Waals surface area contributed by atoms with Crippen molar-refractivity contribution in [3.05, 3.63) is 77.4 Å². The quantitative estimate of drug-likeness (QED) is 0.354. The molecular formula is C18H19O6P. The minimum atomic E-state index is -4.74. The van der Waals surface area contributed by atoms with E-state index in [0.29, 0.717) is 11.1 Å². The monoisotopic (exact) mass is 362 g/mol. The predicted molar refractivity (Wildman–Crippen MR) is 93.3 cm³/mol. The molecule has 7 heteroatoms. The summed E-state index contributed by atoms with van der Waals surface area (Å²) < 4.78 is 20.2. The van der Waals surface area contributed by atoms with E-state index in [2.05, 4.69) is 4.52 Å². The van der Waals surface area contributed by atoms with E-state index in [1.165, 1.54) is 6.92 Å². The van der Waals surface area contributed by atoms with Gasteiger partial charge in [0.2, 0.25) is 6.29 Å². The molecule has 1 unspecified atom stereocenters. The molecule has 0 saturated carbocycles. The van der Waals surface area contributed by atoms with Crippen LogP contribution in [0.2, 0.25) is 0 Å². The number of hydrogen-bond donors (Lipinski definition) is 2. The summed E-state index contributed by atoms with van der Waals surface area (Å²) in [5.41, 5.74) is 2.63. The molecule has 2 aromatic rings. The van der Waals surface area contributed by atoms with Gasteiger partial charge in [-0.2, -0.15) is 0 Å². The highest BCUT2D eigenvalue weighted by molar-refractivity contribution is 7.46. The largest absolute Gasteiger partial charge is 0.472 e. The zero-order chi connectivity index (χ0) is 18.4. The maximum atomic E-state index is 12.4. The molecule has 0 aliphatic heterocycles. The molecule has 25 heavy (non-hydrogen) atoms. The molecule has 0 radical (unpaired) electrons. The summed E-state index contributed by atoms with van der Waals surface area (Å²) in [6, 6.07) is 18.7. The third kappa shape index (κ3) is 5.66. The highest BCUT2D eigenvalue weighted by Gasteiger charge is 2.23. The SMILES string of the molecule is CC(C(=O)OC(C)OP(=O)(O)O)=C(c1ccccc1)c1ccccc1. The summed E-state index contributed by atoms with van der Waals surface area (Å²) in [5, 5.41) is 0. The minimum Gasteiger partial charge on any atom is -0.432 e.